The van der Waals surface area contributed by atoms with E-state index in [-0.39, 0.29) is 12.3 Å². The smallest absolute Gasteiger partial charge is 0.360 e. The van der Waals surface area contributed by atoms with Crippen LogP contribution in [0.4, 0.5) is 0 Å². The van der Waals surface area contributed by atoms with E-state index in [1.54, 1.807) is 6.07 Å². The highest BCUT2D eigenvalue weighted by Gasteiger charge is 2.25. The Bertz CT molecular complexity index is 1160. The van der Waals surface area contributed by atoms with Crippen LogP contribution in [-0.4, -0.2) is 27.7 Å². The van der Waals surface area contributed by atoms with E-state index in [9.17, 15) is 4.79 Å². The summed E-state index contributed by atoms with van der Waals surface area (Å²) in [5.74, 6) is -0.234. The molecule has 4 rings (SSSR count). The number of benzene rings is 2. The number of hydrogen-bond donors (Lipinski definition) is 0. The molecular formula is C19H13BrClN3O3. The van der Waals surface area contributed by atoms with Crippen molar-refractivity contribution in [1.29, 1.82) is 0 Å². The molecule has 0 aliphatic rings. The van der Waals surface area contributed by atoms with Gasteiger partial charge in [-0.25, -0.2) is 14.3 Å². The molecule has 0 bridgehead atoms. The van der Waals surface area contributed by atoms with Crippen molar-refractivity contribution in [3.8, 4) is 5.75 Å². The molecule has 136 valence electrons. The molecule has 4 aromatic rings. The number of ether oxygens (including phenoxy) is 2. The number of hydrogen-bond acceptors (Lipinski definition) is 5. The summed E-state index contributed by atoms with van der Waals surface area (Å²) in [5, 5.41) is 5.93. The number of esters is 1. The quantitative estimate of drug-likeness (QED) is 0.426. The number of pyridine rings is 1. The van der Waals surface area contributed by atoms with Crippen LogP contribution in [0.25, 0.3) is 16.4 Å². The number of halogens is 2. The highest BCUT2D eigenvalue weighted by Crippen LogP contribution is 2.40. The first-order valence-electron chi connectivity index (χ1n) is 8.00. The molecular weight excluding hydrogens is 434 g/mol. The molecule has 0 fully saturated rings. The summed E-state index contributed by atoms with van der Waals surface area (Å²) in [6.07, 6.45) is 1.36. The van der Waals surface area contributed by atoms with E-state index >= 15 is 0 Å². The Balaban J connectivity index is 2.00. The Morgan fingerprint density at radius 2 is 2.00 bits per heavy atom. The average molecular weight is 447 g/mol. The summed E-state index contributed by atoms with van der Waals surface area (Å²) >= 11 is 9.95. The van der Waals surface area contributed by atoms with Gasteiger partial charge >= 0.3 is 5.97 Å². The monoisotopic (exact) mass is 445 g/mol. The van der Waals surface area contributed by atoms with Crippen LogP contribution in [-0.2, 0) is 11.3 Å². The molecule has 0 N–H and O–H groups in total. The topological polar surface area (TPSA) is 65.7 Å². The lowest BCUT2D eigenvalue weighted by atomic mass is 10.1. The van der Waals surface area contributed by atoms with Gasteiger partial charge in [-0.3, -0.25) is 0 Å². The van der Waals surface area contributed by atoms with Gasteiger partial charge in [-0.1, -0.05) is 41.9 Å². The molecule has 0 spiro atoms. The van der Waals surface area contributed by atoms with E-state index in [4.69, 9.17) is 21.1 Å². The van der Waals surface area contributed by atoms with Crippen molar-refractivity contribution < 1.29 is 14.3 Å². The molecule has 0 unspecified atom stereocenters. The SMILES string of the molecule is COC(=O)c1c(OCc2ccccc2)c2ccc(Br)c(Cl)c2c2ncnn12. The van der Waals surface area contributed by atoms with Crippen molar-refractivity contribution in [3.05, 3.63) is 69.5 Å². The van der Waals surface area contributed by atoms with Gasteiger partial charge in [0.2, 0.25) is 0 Å². The molecule has 0 saturated carbocycles. The minimum Gasteiger partial charge on any atom is -0.486 e. The van der Waals surface area contributed by atoms with Crippen molar-refractivity contribution in [2.24, 2.45) is 0 Å². The van der Waals surface area contributed by atoms with Crippen molar-refractivity contribution >= 4 is 49.9 Å². The summed E-state index contributed by atoms with van der Waals surface area (Å²) < 4.78 is 13.1. The van der Waals surface area contributed by atoms with Crippen molar-refractivity contribution in [1.82, 2.24) is 14.6 Å². The molecule has 0 amide bonds. The second kappa shape index (κ2) is 7.17. The zero-order valence-corrected chi connectivity index (χ0v) is 16.5. The van der Waals surface area contributed by atoms with Gasteiger partial charge in [0.1, 0.15) is 12.9 Å². The first-order chi connectivity index (χ1) is 13.1. The lowest BCUT2D eigenvalue weighted by Crippen LogP contribution is -2.13. The van der Waals surface area contributed by atoms with Crippen LogP contribution >= 0.6 is 27.5 Å². The van der Waals surface area contributed by atoms with Crippen LogP contribution in [0.5, 0.6) is 5.75 Å². The molecule has 27 heavy (non-hydrogen) atoms. The van der Waals surface area contributed by atoms with Gasteiger partial charge in [0.25, 0.3) is 0 Å². The number of rotatable bonds is 4. The fraction of sp³-hybridized carbons (Fsp3) is 0.105. The Morgan fingerprint density at radius 1 is 1.22 bits per heavy atom. The van der Waals surface area contributed by atoms with Crippen LogP contribution < -0.4 is 4.74 Å². The molecule has 0 radical (unpaired) electrons. The fourth-order valence-corrected chi connectivity index (χ4v) is 3.49. The maximum atomic E-state index is 12.5. The number of fused-ring (bicyclic) bond motifs is 3. The number of nitrogens with zero attached hydrogens (tertiary/aromatic N) is 3. The molecule has 0 aliphatic heterocycles. The Kier molecular flexibility index (Phi) is 4.72. The second-order valence-corrected chi connectivity index (χ2v) is 6.96. The Morgan fingerprint density at radius 3 is 2.74 bits per heavy atom. The zero-order chi connectivity index (χ0) is 19.0. The van der Waals surface area contributed by atoms with Gasteiger partial charge in [-0.15, -0.1) is 0 Å². The Hall–Kier alpha value is -2.64. The summed E-state index contributed by atoms with van der Waals surface area (Å²) in [6.45, 7) is 0.272. The normalized spacial score (nSPS) is 11.1. The average Bonchev–Trinajstić information content (AvgIpc) is 3.17. The summed E-state index contributed by atoms with van der Waals surface area (Å²) in [6, 6.07) is 13.3. The second-order valence-electron chi connectivity index (χ2n) is 5.72. The zero-order valence-electron chi connectivity index (χ0n) is 14.1. The first kappa shape index (κ1) is 17.8. The third-order valence-electron chi connectivity index (χ3n) is 4.14. The maximum absolute atomic E-state index is 12.5. The lowest BCUT2D eigenvalue weighted by molar-refractivity contribution is 0.0585. The van der Waals surface area contributed by atoms with Crippen LogP contribution in [0, 0.1) is 0 Å². The number of methoxy groups -OCH3 is 1. The first-order valence-corrected chi connectivity index (χ1v) is 9.17. The minimum absolute atomic E-state index is 0.159. The molecule has 8 heteroatoms. The predicted molar refractivity (Wildman–Crippen MR) is 105 cm³/mol. The van der Waals surface area contributed by atoms with E-state index in [0.717, 1.165) is 5.56 Å². The van der Waals surface area contributed by atoms with Gasteiger partial charge in [0.05, 0.1) is 17.5 Å². The molecule has 2 aromatic heterocycles. The molecule has 2 heterocycles. The highest BCUT2D eigenvalue weighted by molar-refractivity contribution is 9.10. The minimum atomic E-state index is -0.575. The van der Waals surface area contributed by atoms with Crippen LogP contribution in [0.15, 0.2) is 53.3 Å². The van der Waals surface area contributed by atoms with Crippen LogP contribution in [0.3, 0.4) is 0 Å². The summed E-state index contributed by atoms with van der Waals surface area (Å²) in [4.78, 5) is 16.8. The van der Waals surface area contributed by atoms with E-state index in [0.29, 0.717) is 31.7 Å². The molecule has 6 nitrogen and oxygen atoms in total. The van der Waals surface area contributed by atoms with Crippen molar-refractivity contribution in [3.63, 3.8) is 0 Å². The fourth-order valence-electron chi connectivity index (χ4n) is 2.91. The molecule has 2 aromatic carbocycles. The van der Waals surface area contributed by atoms with E-state index < -0.39 is 5.97 Å². The number of carbonyl (C=O) groups is 1. The maximum Gasteiger partial charge on any atom is 0.360 e. The van der Waals surface area contributed by atoms with Crippen LogP contribution in [0.2, 0.25) is 5.02 Å². The van der Waals surface area contributed by atoms with Crippen LogP contribution in [0.1, 0.15) is 16.1 Å². The number of aromatic nitrogens is 3. The van der Waals surface area contributed by atoms with E-state index in [2.05, 4.69) is 26.0 Å². The number of carbonyl (C=O) groups excluding carboxylic acids is 1. The highest BCUT2D eigenvalue weighted by atomic mass is 79.9. The molecule has 0 aliphatic carbocycles. The largest absolute Gasteiger partial charge is 0.486 e. The third-order valence-corrected chi connectivity index (χ3v) is 5.42. The summed E-state index contributed by atoms with van der Waals surface area (Å²) in [7, 11) is 1.31. The van der Waals surface area contributed by atoms with Crippen molar-refractivity contribution in [2.45, 2.75) is 6.61 Å². The van der Waals surface area contributed by atoms with Gasteiger partial charge in [0.15, 0.2) is 17.1 Å². The van der Waals surface area contributed by atoms with Crippen molar-refractivity contribution in [2.75, 3.05) is 7.11 Å². The molecule has 0 atom stereocenters. The van der Waals surface area contributed by atoms with Gasteiger partial charge in [-0.2, -0.15) is 5.10 Å². The lowest BCUT2D eigenvalue weighted by Gasteiger charge is -2.16. The Labute approximate surface area is 167 Å². The van der Waals surface area contributed by atoms with Gasteiger partial charge in [0, 0.05) is 9.86 Å². The third kappa shape index (κ3) is 3.02. The predicted octanol–water partition coefficient (Wildman–Crippen LogP) is 4.66. The van der Waals surface area contributed by atoms with E-state index in [1.165, 1.54) is 18.0 Å². The van der Waals surface area contributed by atoms with Gasteiger partial charge < -0.3 is 9.47 Å². The van der Waals surface area contributed by atoms with Gasteiger partial charge in [-0.05, 0) is 33.6 Å². The summed E-state index contributed by atoms with van der Waals surface area (Å²) in [5.41, 5.74) is 1.57. The molecule has 0 saturated heterocycles. The standard InChI is InChI=1S/C19H13BrClN3O3/c1-26-19(25)16-17(27-9-11-5-3-2-4-6-11)12-7-8-13(20)15(21)14(12)18-22-10-23-24(16)18/h2-8,10H,9H2,1H3. The van der Waals surface area contributed by atoms with E-state index in [1.807, 2.05) is 36.4 Å².